The van der Waals surface area contributed by atoms with E-state index in [1.54, 1.807) is 43.5 Å². The summed E-state index contributed by atoms with van der Waals surface area (Å²) >= 11 is 0. The molecule has 0 bridgehead atoms. The summed E-state index contributed by atoms with van der Waals surface area (Å²) in [5, 5.41) is 0. The van der Waals surface area contributed by atoms with Crippen molar-refractivity contribution in [2.24, 2.45) is 4.99 Å². The van der Waals surface area contributed by atoms with E-state index in [1.807, 2.05) is 17.0 Å². The van der Waals surface area contributed by atoms with E-state index in [4.69, 9.17) is 33.4 Å². The van der Waals surface area contributed by atoms with Gasteiger partial charge in [0.25, 0.3) is 11.8 Å². The van der Waals surface area contributed by atoms with Crippen molar-refractivity contribution in [1.82, 2.24) is 9.80 Å². The van der Waals surface area contributed by atoms with Crippen LogP contribution in [-0.2, 0) is 9.47 Å². The van der Waals surface area contributed by atoms with Gasteiger partial charge in [-0.2, -0.15) is 0 Å². The molecule has 1 unspecified atom stereocenters. The molecular weight excluding hydrogens is 626 g/mol. The predicted molar refractivity (Wildman–Crippen MR) is 184 cm³/mol. The Bertz CT molecular complexity index is 1660. The fourth-order valence-corrected chi connectivity index (χ4v) is 7.34. The van der Waals surface area contributed by atoms with Crippen molar-refractivity contribution in [2.45, 2.75) is 75.8 Å². The van der Waals surface area contributed by atoms with Gasteiger partial charge in [-0.25, -0.2) is 0 Å². The van der Waals surface area contributed by atoms with Crippen molar-refractivity contribution in [3.63, 3.8) is 0 Å². The van der Waals surface area contributed by atoms with Crippen LogP contribution in [0.1, 0.15) is 84.1 Å². The number of hydrogen-bond acceptors (Lipinski definition) is 9. The minimum absolute atomic E-state index is 0.0474. The number of hydrogen-bond donors (Lipinski definition) is 0. The van der Waals surface area contributed by atoms with Crippen LogP contribution in [0, 0.1) is 0 Å². The second-order valence-corrected chi connectivity index (χ2v) is 13.3. The summed E-state index contributed by atoms with van der Waals surface area (Å²) < 4.78 is 35.8. The normalized spacial score (nSPS) is 24.2. The number of aliphatic imine (C=N–C) groups is 1. The lowest BCUT2D eigenvalue weighted by Crippen LogP contribution is -2.52. The number of rotatable bonds is 12. The van der Waals surface area contributed by atoms with Gasteiger partial charge in [0.1, 0.15) is 0 Å². The Morgan fingerprint density at radius 1 is 0.898 bits per heavy atom. The van der Waals surface area contributed by atoms with Crippen LogP contribution in [0.15, 0.2) is 47.5 Å². The summed E-state index contributed by atoms with van der Waals surface area (Å²) in [4.78, 5) is 35.4. The highest BCUT2D eigenvalue weighted by Gasteiger charge is 2.49. The monoisotopic (exact) mass is 671 g/mol. The third kappa shape index (κ3) is 6.66. The van der Waals surface area contributed by atoms with E-state index < -0.39 is 12.0 Å². The second kappa shape index (κ2) is 14.2. The molecule has 2 aromatic rings. The van der Waals surface area contributed by atoms with Crippen LogP contribution in [0.4, 0.5) is 5.69 Å². The molecule has 2 aromatic carbocycles. The molecule has 3 fully saturated rings. The number of methoxy groups -OCH3 is 2. The first-order chi connectivity index (χ1) is 23.9. The second-order valence-electron chi connectivity index (χ2n) is 13.3. The first kappa shape index (κ1) is 33.2. The minimum atomic E-state index is -1.04. The molecule has 2 amide bonds. The highest BCUT2D eigenvalue weighted by atomic mass is 16.7. The Labute approximate surface area is 287 Å². The highest BCUT2D eigenvalue weighted by molar-refractivity contribution is 6.04. The summed E-state index contributed by atoms with van der Waals surface area (Å²) in [5.41, 5.74) is 2.31. The number of nitrogens with zero attached hydrogens (tertiary/aromatic N) is 3. The molecule has 11 nitrogen and oxygen atoms in total. The van der Waals surface area contributed by atoms with Crippen molar-refractivity contribution in [3.8, 4) is 23.0 Å². The van der Waals surface area contributed by atoms with Crippen molar-refractivity contribution in [3.05, 3.63) is 59.2 Å². The number of carbonyl (C=O) groups is 2. The Morgan fingerprint density at radius 3 is 2.39 bits per heavy atom. The fourth-order valence-electron chi connectivity index (χ4n) is 7.34. The maximum atomic E-state index is 13.9. The average Bonchev–Trinajstić information content (AvgIpc) is 3.67. The molecule has 3 atom stereocenters. The smallest absolute Gasteiger partial charge is 0.259 e. The molecule has 7 rings (SSSR count). The summed E-state index contributed by atoms with van der Waals surface area (Å²) in [6.07, 6.45) is 13.2. The zero-order valence-electron chi connectivity index (χ0n) is 28.4. The van der Waals surface area contributed by atoms with Crippen LogP contribution in [0.3, 0.4) is 0 Å². The Hall–Kier alpha value is -4.35. The Kier molecular flexibility index (Phi) is 9.64. The summed E-state index contributed by atoms with van der Waals surface area (Å²) in [6, 6.07) is 7.33. The number of benzene rings is 2. The zero-order valence-corrected chi connectivity index (χ0v) is 28.4. The predicted octanol–water partition coefficient (Wildman–Crippen LogP) is 6.32. The van der Waals surface area contributed by atoms with Crippen LogP contribution in [0.2, 0.25) is 0 Å². The van der Waals surface area contributed by atoms with Crippen LogP contribution >= 0.6 is 0 Å². The average molecular weight is 672 g/mol. The lowest BCUT2D eigenvalue weighted by Gasteiger charge is -2.37. The number of carbonyl (C=O) groups excluding carboxylic acids is 2. The Morgan fingerprint density at radius 2 is 1.65 bits per heavy atom. The van der Waals surface area contributed by atoms with E-state index in [0.717, 1.165) is 69.0 Å². The molecule has 0 aromatic heterocycles. The van der Waals surface area contributed by atoms with Crippen molar-refractivity contribution >= 4 is 29.8 Å². The summed E-state index contributed by atoms with van der Waals surface area (Å²) in [7, 11) is 3.16. The first-order valence-electron chi connectivity index (χ1n) is 17.4. The van der Waals surface area contributed by atoms with Gasteiger partial charge in [0.05, 0.1) is 56.5 Å². The largest absolute Gasteiger partial charge is 0.493 e. The molecule has 5 heterocycles. The lowest BCUT2D eigenvalue weighted by atomic mass is 10.1. The van der Waals surface area contributed by atoms with Gasteiger partial charge < -0.3 is 38.2 Å². The van der Waals surface area contributed by atoms with E-state index in [2.05, 4.69) is 12.7 Å². The Balaban J connectivity index is 0.952. The van der Waals surface area contributed by atoms with Crippen LogP contribution in [-0.4, -0.2) is 93.0 Å². The molecule has 49 heavy (non-hydrogen) atoms. The van der Waals surface area contributed by atoms with Gasteiger partial charge in [-0.15, -0.1) is 0 Å². The van der Waals surface area contributed by atoms with E-state index in [-0.39, 0.29) is 17.9 Å². The van der Waals surface area contributed by atoms with Gasteiger partial charge in [0.2, 0.25) is 0 Å². The van der Waals surface area contributed by atoms with E-state index in [9.17, 15) is 9.59 Å². The quantitative estimate of drug-likeness (QED) is 0.191. The molecule has 5 aliphatic rings. The lowest BCUT2D eigenvalue weighted by molar-refractivity contribution is -0.226. The van der Waals surface area contributed by atoms with Gasteiger partial charge in [0.15, 0.2) is 35.0 Å². The molecule has 5 aliphatic heterocycles. The van der Waals surface area contributed by atoms with Crippen molar-refractivity contribution in [1.29, 1.82) is 0 Å². The molecule has 260 valence electrons. The van der Waals surface area contributed by atoms with Crippen LogP contribution in [0.5, 0.6) is 23.0 Å². The third-order valence-electron chi connectivity index (χ3n) is 9.91. The molecular formula is C38H45N3O8. The fraction of sp³-hybridized carbons (Fsp3) is 0.500. The number of unbranched alkanes of at least 4 members (excludes halogenated alkanes) is 2. The van der Waals surface area contributed by atoms with Crippen LogP contribution in [0.25, 0.3) is 6.08 Å². The highest BCUT2D eigenvalue weighted by Crippen LogP contribution is 2.43. The summed E-state index contributed by atoms with van der Waals surface area (Å²) in [5.74, 6) is 2.04. The number of ether oxygens (including phenoxy) is 6. The van der Waals surface area contributed by atoms with Crippen LogP contribution < -0.4 is 18.9 Å². The molecule has 0 aliphatic carbocycles. The molecule has 11 heteroatoms. The maximum Gasteiger partial charge on any atom is 0.259 e. The standard InChI is InChI=1S/C38H45N3O8/c1-25-22-38(49-35-11-5-8-17-48-35)24-39-30-21-34(32(45-3)20-29(30)37(43)41(38)23-25)47-16-7-4-6-15-46-33-18-26-12-13-27-10-9-14-40(27)36(42)28(26)19-31(33)44-2/h12-13,18-21,24,27,35H,1,4-11,14-17,22-23H2,2-3H3/t27-,35?,38+/m0/s1. The van der Waals surface area contributed by atoms with Gasteiger partial charge >= 0.3 is 0 Å². The van der Waals surface area contributed by atoms with Gasteiger partial charge in [-0.05, 0) is 75.1 Å². The molecule has 0 N–H and O–H groups in total. The molecule has 0 spiro atoms. The topological polar surface area (TPSA) is 108 Å². The van der Waals surface area contributed by atoms with Crippen molar-refractivity contribution in [2.75, 3.05) is 47.1 Å². The van der Waals surface area contributed by atoms with E-state index in [1.165, 1.54) is 0 Å². The maximum absolute atomic E-state index is 13.9. The van der Waals surface area contributed by atoms with Gasteiger partial charge in [0, 0.05) is 32.2 Å². The van der Waals surface area contributed by atoms with Gasteiger partial charge in [-0.1, -0.05) is 24.3 Å². The molecule has 3 saturated heterocycles. The third-order valence-corrected chi connectivity index (χ3v) is 9.91. The van der Waals surface area contributed by atoms with E-state index >= 15 is 0 Å². The van der Waals surface area contributed by atoms with Gasteiger partial charge in [-0.3, -0.25) is 14.6 Å². The minimum Gasteiger partial charge on any atom is -0.493 e. The number of fused-ring (bicyclic) bond motifs is 4. The summed E-state index contributed by atoms with van der Waals surface area (Å²) in [6.45, 7) is 6.91. The van der Waals surface area contributed by atoms with E-state index in [0.29, 0.717) is 72.6 Å². The van der Waals surface area contributed by atoms with Crippen molar-refractivity contribution < 1.29 is 38.0 Å². The SMILES string of the molecule is C=C1CN2C(=O)c3cc(OC)c(OCCCCCOc4cc5c(cc4OC)C(=O)N4CCC[C@H]4C=C5)cc3N=C[C@]2(OC2CCCCO2)C1. The zero-order chi connectivity index (χ0) is 34.0. The molecule has 0 saturated carbocycles. The molecule has 0 radical (unpaired) electrons. The first-order valence-corrected chi connectivity index (χ1v) is 17.4. The number of amides is 2.